The van der Waals surface area contributed by atoms with E-state index in [0.29, 0.717) is 25.9 Å². The third kappa shape index (κ3) is 3.08. The highest BCUT2D eigenvalue weighted by Crippen LogP contribution is 2.07. The number of carbonyl (C=O) groups excluding carboxylic acids is 2. The Bertz CT molecular complexity index is 263. The lowest BCUT2D eigenvalue weighted by atomic mass is 10.2. The Kier molecular flexibility index (Phi) is 4.34. The summed E-state index contributed by atoms with van der Waals surface area (Å²) in [6, 6.07) is -0.343. The molecule has 84 valence electrons. The quantitative estimate of drug-likeness (QED) is 0.694. The molecule has 1 aliphatic heterocycles. The van der Waals surface area contributed by atoms with Crippen molar-refractivity contribution in [3.05, 3.63) is 12.7 Å². The predicted octanol–water partition coefficient (Wildman–Crippen LogP) is 0.690. The number of nitrogens with zero attached hydrogens (tertiary/aromatic N) is 1. The Morgan fingerprint density at radius 2 is 2.33 bits per heavy atom. The van der Waals surface area contributed by atoms with Gasteiger partial charge in [-0.25, -0.2) is 0 Å². The maximum atomic E-state index is 11.9. The highest BCUT2D eigenvalue weighted by atomic mass is 16.2. The van der Waals surface area contributed by atoms with Gasteiger partial charge in [-0.3, -0.25) is 9.59 Å². The first-order valence-corrected chi connectivity index (χ1v) is 5.38. The monoisotopic (exact) mass is 210 g/mol. The van der Waals surface area contributed by atoms with Crippen molar-refractivity contribution in [3.63, 3.8) is 0 Å². The first-order valence-electron chi connectivity index (χ1n) is 5.38. The Labute approximate surface area is 90.3 Å². The predicted molar refractivity (Wildman–Crippen MR) is 58.2 cm³/mol. The van der Waals surface area contributed by atoms with Crippen molar-refractivity contribution in [1.82, 2.24) is 10.2 Å². The zero-order valence-corrected chi connectivity index (χ0v) is 9.16. The molecule has 1 saturated heterocycles. The zero-order valence-electron chi connectivity index (χ0n) is 9.16. The van der Waals surface area contributed by atoms with Gasteiger partial charge in [0.2, 0.25) is 11.8 Å². The van der Waals surface area contributed by atoms with Gasteiger partial charge in [0, 0.05) is 19.5 Å². The van der Waals surface area contributed by atoms with Crippen LogP contribution < -0.4 is 5.32 Å². The molecular formula is C11H18N2O2. The number of amides is 2. The second-order valence-corrected chi connectivity index (χ2v) is 3.68. The smallest absolute Gasteiger partial charge is 0.245 e. The third-order valence-corrected chi connectivity index (χ3v) is 2.57. The number of rotatable bonds is 4. The summed E-state index contributed by atoms with van der Waals surface area (Å²) in [5.74, 6) is 0.00139. The van der Waals surface area contributed by atoms with Crippen molar-refractivity contribution in [3.8, 4) is 0 Å². The van der Waals surface area contributed by atoms with Crippen LogP contribution in [0.25, 0.3) is 0 Å². The number of hydrogen-bond donors (Lipinski definition) is 1. The van der Waals surface area contributed by atoms with E-state index >= 15 is 0 Å². The van der Waals surface area contributed by atoms with Crippen LogP contribution in [-0.2, 0) is 9.59 Å². The molecule has 4 nitrogen and oxygen atoms in total. The van der Waals surface area contributed by atoms with Gasteiger partial charge in [0.15, 0.2) is 0 Å². The number of nitrogens with one attached hydrogen (secondary N) is 1. The van der Waals surface area contributed by atoms with Crippen molar-refractivity contribution in [2.45, 2.75) is 32.2 Å². The molecule has 1 unspecified atom stereocenters. The summed E-state index contributed by atoms with van der Waals surface area (Å²) in [6.45, 7) is 6.71. The van der Waals surface area contributed by atoms with E-state index < -0.39 is 0 Å². The van der Waals surface area contributed by atoms with Crippen LogP contribution in [0.3, 0.4) is 0 Å². The Hall–Kier alpha value is -1.32. The molecule has 1 rings (SSSR count). The Morgan fingerprint density at radius 1 is 1.60 bits per heavy atom. The molecule has 1 aliphatic rings. The van der Waals surface area contributed by atoms with Crippen LogP contribution in [0.5, 0.6) is 0 Å². The van der Waals surface area contributed by atoms with Crippen molar-refractivity contribution in [2.75, 3.05) is 13.1 Å². The maximum Gasteiger partial charge on any atom is 0.245 e. The van der Waals surface area contributed by atoms with Gasteiger partial charge in [-0.2, -0.15) is 0 Å². The van der Waals surface area contributed by atoms with Gasteiger partial charge >= 0.3 is 0 Å². The van der Waals surface area contributed by atoms with Crippen molar-refractivity contribution < 1.29 is 9.59 Å². The maximum absolute atomic E-state index is 11.9. The van der Waals surface area contributed by atoms with Crippen LogP contribution in [0.4, 0.5) is 0 Å². The second kappa shape index (κ2) is 5.53. The number of hydrogen-bond acceptors (Lipinski definition) is 2. The van der Waals surface area contributed by atoms with Crippen LogP contribution in [-0.4, -0.2) is 35.8 Å². The fourth-order valence-corrected chi connectivity index (χ4v) is 1.64. The molecule has 1 fully saturated rings. The topological polar surface area (TPSA) is 49.4 Å². The van der Waals surface area contributed by atoms with Gasteiger partial charge in [0.05, 0.1) is 0 Å². The summed E-state index contributed by atoms with van der Waals surface area (Å²) >= 11 is 0. The molecular weight excluding hydrogens is 192 g/mol. The third-order valence-electron chi connectivity index (χ3n) is 2.57. The first kappa shape index (κ1) is 11.8. The van der Waals surface area contributed by atoms with Gasteiger partial charge in [-0.1, -0.05) is 13.0 Å². The van der Waals surface area contributed by atoms with Crippen molar-refractivity contribution >= 4 is 11.8 Å². The minimum atomic E-state index is -0.343. The molecule has 0 aromatic heterocycles. The van der Waals surface area contributed by atoms with Crippen LogP contribution in [0, 0.1) is 0 Å². The minimum Gasteiger partial charge on any atom is -0.344 e. The van der Waals surface area contributed by atoms with Gasteiger partial charge < -0.3 is 10.2 Å². The average Bonchev–Trinajstić information content (AvgIpc) is 2.37. The lowest BCUT2D eigenvalue weighted by molar-refractivity contribution is -0.133. The summed E-state index contributed by atoms with van der Waals surface area (Å²) < 4.78 is 0. The molecule has 0 radical (unpaired) electrons. The molecule has 1 heterocycles. The molecule has 15 heavy (non-hydrogen) atoms. The van der Waals surface area contributed by atoms with Crippen molar-refractivity contribution in [1.29, 1.82) is 0 Å². The Morgan fingerprint density at radius 3 is 2.93 bits per heavy atom. The molecule has 0 bridgehead atoms. The van der Waals surface area contributed by atoms with E-state index in [1.54, 1.807) is 11.0 Å². The average molecular weight is 210 g/mol. The summed E-state index contributed by atoms with van der Waals surface area (Å²) in [5.41, 5.74) is 0. The molecule has 0 spiro atoms. The van der Waals surface area contributed by atoms with Crippen LogP contribution >= 0.6 is 0 Å². The van der Waals surface area contributed by atoms with E-state index in [0.717, 1.165) is 6.42 Å². The summed E-state index contributed by atoms with van der Waals surface area (Å²) in [4.78, 5) is 25.0. The van der Waals surface area contributed by atoms with E-state index in [9.17, 15) is 9.59 Å². The summed E-state index contributed by atoms with van der Waals surface area (Å²) in [5, 5.41) is 2.73. The van der Waals surface area contributed by atoms with Crippen LogP contribution in [0.15, 0.2) is 12.7 Å². The second-order valence-electron chi connectivity index (χ2n) is 3.68. The first-order chi connectivity index (χ1) is 7.19. The van der Waals surface area contributed by atoms with Crippen molar-refractivity contribution in [2.24, 2.45) is 0 Å². The minimum absolute atomic E-state index is 0.0312. The summed E-state index contributed by atoms with van der Waals surface area (Å²) in [6.07, 6.45) is 3.61. The van der Waals surface area contributed by atoms with E-state index in [1.807, 2.05) is 6.92 Å². The van der Waals surface area contributed by atoms with E-state index in [2.05, 4.69) is 11.9 Å². The van der Waals surface area contributed by atoms with Gasteiger partial charge in [0.25, 0.3) is 0 Å². The standard InChI is InChI=1S/C11H18N2O2/c1-3-5-7-13-8-6-10(14)12-9(4-2)11(13)15/h3,9H,1,4-8H2,2H3,(H,12,14). The highest BCUT2D eigenvalue weighted by molar-refractivity contribution is 5.89. The molecule has 4 heteroatoms. The molecule has 1 N–H and O–H groups in total. The fourth-order valence-electron chi connectivity index (χ4n) is 1.64. The van der Waals surface area contributed by atoms with Gasteiger partial charge in [0.1, 0.15) is 6.04 Å². The van der Waals surface area contributed by atoms with Gasteiger partial charge in [-0.15, -0.1) is 6.58 Å². The molecule has 0 aromatic rings. The van der Waals surface area contributed by atoms with E-state index in [4.69, 9.17) is 0 Å². The number of carbonyl (C=O) groups is 2. The summed E-state index contributed by atoms with van der Waals surface area (Å²) in [7, 11) is 0. The highest BCUT2D eigenvalue weighted by Gasteiger charge is 2.27. The normalized spacial score (nSPS) is 22.2. The van der Waals surface area contributed by atoms with Crippen LogP contribution in [0.1, 0.15) is 26.2 Å². The van der Waals surface area contributed by atoms with E-state index in [-0.39, 0.29) is 17.9 Å². The molecule has 1 atom stereocenters. The van der Waals surface area contributed by atoms with Gasteiger partial charge in [-0.05, 0) is 12.8 Å². The van der Waals surface area contributed by atoms with Crippen LogP contribution in [0.2, 0.25) is 0 Å². The lowest BCUT2D eigenvalue weighted by Crippen LogP contribution is -2.44. The fraction of sp³-hybridized carbons (Fsp3) is 0.636. The molecule has 2 amide bonds. The Balaban J connectivity index is 2.66. The van der Waals surface area contributed by atoms with E-state index in [1.165, 1.54) is 0 Å². The lowest BCUT2D eigenvalue weighted by Gasteiger charge is -2.22. The molecule has 0 aliphatic carbocycles. The zero-order chi connectivity index (χ0) is 11.3. The SMILES string of the molecule is C=CCCN1CCC(=O)NC(CC)C1=O. The largest absolute Gasteiger partial charge is 0.344 e. The molecule has 0 saturated carbocycles. The molecule has 0 aromatic carbocycles.